The Bertz CT molecular complexity index is 593. The molecule has 0 saturated carbocycles. The van der Waals surface area contributed by atoms with Crippen LogP contribution in [0.2, 0.25) is 0 Å². The van der Waals surface area contributed by atoms with E-state index in [1.807, 2.05) is 48.6 Å². The van der Waals surface area contributed by atoms with Crippen LogP contribution in [0.3, 0.4) is 0 Å². The number of nitrogen functional groups attached to an aromatic ring is 1. The van der Waals surface area contributed by atoms with E-state index in [1.54, 1.807) is 12.1 Å². The van der Waals surface area contributed by atoms with Gasteiger partial charge in [0, 0.05) is 5.69 Å². The Labute approximate surface area is 129 Å². The van der Waals surface area contributed by atoms with Gasteiger partial charge in [0.05, 0.1) is 6.61 Å². The monoisotopic (exact) mass is 302 g/mol. The van der Waals surface area contributed by atoms with Crippen LogP contribution in [0.1, 0.15) is 11.1 Å². The van der Waals surface area contributed by atoms with E-state index in [9.17, 15) is 4.39 Å². The first-order chi connectivity index (χ1) is 10.7. The number of aliphatic hydroxyl groups excluding tert-OH is 1. The number of rotatable bonds is 7. The molecule has 5 heteroatoms. The van der Waals surface area contributed by atoms with E-state index in [0.717, 1.165) is 16.8 Å². The van der Waals surface area contributed by atoms with Crippen molar-refractivity contribution in [2.24, 2.45) is 5.84 Å². The number of ether oxygens (including phenoxy) is 1. The van der Waals surface area contributed by atoms with Crippen molar-refractivity contribution in [2.75, 3.05) is 18.7 Å². The molecule has 0 amide bonds. The van der Waals surface area contributed by atoms with E-state index in [-0.39, 0.29) is 6.61 Å². The Kier molecular flexibility index (Phi) is 5.94. The van der Waals surface area contributed by atoms with E-state index in [1.165, 1.54) is 0 Å². The summed E-state index contributed by atoms with van der Waals surface area (Å²) in [4.78, 5) is 0. The van der Waals surface area contributed by atoms with Crippen LogP contribution in [0.4, 0.5) is 10.1 Å². The molecular formula is C17H19FN2O2. The minimum absolute atomic E-state index is 0.341. The van der Waals surface area contributed by atoms with Crippen molar-refractivity contribution in [3.05, 3.63) is 59.7 Å². The highest BCUT2D eigenvalue weighted by molar-refractivity contribution is 5.70. The van der Waals surface area contributed by atoms with Crippen LogP contribution >= 0.6 is 0 Å². The summed E-state index contributed by atoms with van der Waals surface area (Å²) < 4.78 is 17.8. The van der Waals surface area contributed by atoms with Crippen molar-refractivity contribution in [1.82, 2.24) is 0 Å². The quantitative estimate of drug-likeness (QED) is 0.418. The summed E-state index contributed by atoms with van der Waals surface area (Å²) in [6.45, 7) is -1.06. The van der Waals surface area contributed by atoms with Gasteiger partial charge in [-0.05, 0) is 35.4 Å². The summed E-state index contributed by atoms with van der Waals surface area (Å²) >= 11 is 0. The average Bonchev–Trinajstić information content (AvgIpc) is 2.59. The number of anilines is 1. The predicted octanol–water partition coefficient (Wildman–Crippen LogP) is 2.85. The smallest absolute Gasteiger partial charge is 0.150 e. The van der Waals surface area contributed by atoms with Gasteiger partial charge in [0.1, 0.15) is 18.5 Å². The molecule has 0 saturated heterocycles. The highest BCUT2D eigenvalue weighted by Crippen LogP contribution is 2.16. The molecule has 0 fully saturated rings. The fraction of sp³-hybridized carbons (Fsp3) is 0.176. The molecule has 2 aromatic rings. The minimum atomic E-state index is -0.809. The molecular weight excluding hydrogens is 283 g/mol. The van der Waals surface area contributed by atoms with E-state index in [0.29, 0.717) is 5.75 Å². The van der Waals surface area contributed by atoms with Crippen LogP contribution in [0.25, 0.3) is 12.2 Å². The SMILES string of the molecule is NNc1ccc(/C=C/c2ccc(OC(CO)CF)cc2)cc1. The number of hydrazine groups is 1. The molecule has 2 aromatic carbocycles. The maximum absolute atomic E-state index is 12.5. The third-order valence-corrected chi connectivity index (χ3v) is 3.10. The first-order valence-electron chi connectivity index (χ1n) is 6.93. The molecule has 0 aliphatic heterocycles. The number of hydrogen-bond donors (Lipinski definition) is 3. The lowest BCUT2D eigenvalue weighted by Crippen LogP contribution is -2.23. The van der Waals surface area contributed by atoms with Gasteiger partial charge in [0.25, 0.3) is 0 Å². The number of nitrogens with one attached hydrogen (secondary N) is 1. The van der Waals surface area contributed by atoms with Crippen molar-refractivity contribution in [1.29, 1.82) is 0 Å². The lowest BCUT2D eigenvalue weighted by molar-refractivity contribution is 0.0931. The molecule has 1 atom stereocenters. The van der Waals surface area contributed by atoms with Crippen molar-refractivity contribution in [2.45, 2.75) is 6.10 Å². The van der Waals surface area contributed by atoms with Crippen LogP contribution in [-0.4, -0.2) is 24.5 Å². The molecule has 1 unspecified atom stereocenters. The zero-order valence-electron chi connectivity index (χ0n) is 12.1. The van der Waals surface area contributed by atoms with Crippen LogP contribution in [-0.2, 0) is 0 Å². The van der Waals surface area contributed by atoms with E-state index in [2.05, 4.69) is 5.43 Å². The molecule has 0 spiro atoms. The first kappa shape index (κ1) is 16.0. The summed E-state index contributed by atoms with van der Waals surface area (Å²) in [7, 11) is 0. The van der Waals surface area contributed by atoms with Gasteiger partial charge in [0.15, 0.2) is 0 Å². The molecule has 0 bridgehead atoms. The number of halogens is 1. The van der Waals surface area contributed by atoms with E-state index >= 15 is 0 Å². The number of nitrogens with two attached hydrogens (primary N) is 1. The van der Waals surface area contributed by atoms with Crippen molar-refractivity contribution in [3.63, 3.8) is 0 Å². The van der Waals surface area contributed by atoms with Gasteiger partial charge in [0.2, 0.25) is 0 Å². The highest BCUT2D eigenvalue weighted by Gasteiger charge is 2.07. The van der Waals surface area contributed by atoms with Crippen molar-refractivity contribution in [3.8, 4) is 5.75 Å². The van der Waals surface area contributed by atoms with Gasteiger partial charge < -0.3 is 15.3 Å². The Hall–Kier alpha value is -2.37. The Balaban J connectivity index is 1.99. The van der Waals surface area contributed by atoms with Crippen molar-refractivity contribution < 1.29 is 14.2 Å². The summed E-state index contributed by atoms with van der Waals surface area (Å²) in [5.41, 5.74) is 5.48. The van der Waals surface area contributed by atoms with Gasteiger partial charge >= 0.3 is 0 Å². The average molecular weight is 302 g/mol. The molecule has 4 nitrogen and oxygen atoms in total. The predicted molar refractivity (Wildman–Crippen MR) is 87.1 cm³/mol. The normalized spacial score (nSPS) is 12.3. The molecule has 2 rings (SSSR count). The molecule has 0 aliphatic carbocycles. The molecule has 116 valence electrons. The maximum Gasteiger partial charge on any atom is 0.150 e. The molecule has 0 aliphatic rings. The van der Waals surface area contributed by atoms with Gasteiger partial charge in [-0.2, -0.15) is 0 Å². The minimum Gasteiger partial charge on any atom is -0.485 e. The first-order valence-corrected chi connectivity index (χ1v) is 6.93. The number of aliphatic hydroxyl groups is 1. The van der Waals surface area contributed by atoms with Crippen molar-refractivity contribution >= 4 is 17.8 Å². The largest absolute Gasteiger partial charge is 0.485 e. The van der Waals surface area contributed by atoms with Crippen LogP contribution in [0, 0.1) is 0 Å². The van der Waals surface area contributed by atoms with E-state index < -0.39 is 12.8 Å². The fourth-order valence-corrected chi connectivity index (χ4v) is 1.85. The molecule has 22 heavy (non-hydrogen) atoms. The lowest BCUT2D eigenvalue weighted by atomic mass is 10.1. The second-order valence-electron chi connectivity index (χ2n) is 4.75. The Morgan fingerprint density at radius 3 is 2.05 bits per heavy atom. The topological polar surface area (TPSA) is 67.5 Å². The fourth-order valence-electron chi connectivity index (χ4n) is 1.85. The second-order valence-corrected chi connectivity index (χ2v) is 4.75. The lowest BCUT2D eigenvalue weighted by Gasteiger charge is -2.13. The zero-order valence-corrected chi connectivity index (χ0v) is 12.1. The molecule has 0 radical (unpaired) electrons. The Morgan fingerprint density at radius 1 is 1.05 bits per heavy atom. The molecule has 4 N–H and O–H groups in total. The molecule has 0 aromatic heterocycles. The maximum atomic E-state index is 12.5. The summed E-state index contributed by atoms with van der Waals surface area (Å²) in [5, 5.41) is 8.90. The summed E-state index contributed by atoms with van der Waals surface area (Å²) in [6, 6.07) is 14.9. The number of hydrogen-bond acceptors (Lipinski definition) is 4. The molecule has 0 heterocycles. The van der Waals surface area contributed by atoms with Crippen LogP contribution < -0.4 is 16.0 Å². The van der Waals surface area contributed by atoms with Gasteiger partial charge in [-0.1, -0.05) is 36.4 Å². The van der Waals surface area contributed by atoms with Gasteiger partial charge in [-0.3, -0.25) is 5.84 Å². The van der Waals surface area contributed by atoms with Gasteiger partial charge in [-0.25, -0.2) is 4.39 Å². The number of alkyl halides is 1. The van der Waals surface area contributed by atoms with Gasteiger partial charge in [-0.15, -0.1) is 0 Å². The van der Waals surface area contributed by atoms with E-state index in [4.69, 9.17) is 15.7 Å². The third kappa shape index (κ3) is 4.58. The van der Waals surface area contributed by atoms with Crippen LogP contribution in [0.15, 0.2) is 48.5 Å². The summed E-state index contributed by atoms with van der Waals surface area (Å²) in [6.07, 6.45) is 3.14. The highest BCUT2D eigenvalue weighted by atomic mass is 19.1. The standard InChI is InChI=1S/C17H19FN2O2/c18-11-17(12-21)22-16-9-5-14(6-10-16)2-1-13-3-7-15(20-19)8-4-13/h1-10,17,20-21H,11-12,19H2/b2-1+. The third-order valence-electron chi connectivity index (χ3n) is 3.10. The second kappa shape index (κ2) is 8.17. The van der Waals surface area contributed by atoms with Crippen LogP contribution in [0.5, 0.6) is 5.75 Å². The summed E-state index contributed by atoms with van der Waals surface area (Å²) in [5.74, 6) is 5.85. The Morgan fingerprint density at radius 2 is 1.59 bits per heavy atom. The zero-order chi connectivity index (χ0) is 15.8. The number of benzene rings is 2.